The Morgan fingerprint density at radius 2 is 2.08 bits per heavy atom. The number of hydrogen-bond donors (Lipinski definition) is 1. The first-order chi connectivity index (χ1) is 12.2. The molecule has 0 saturated carbocycles. The fourth-order valence-corrected chi connectivity index (χ4v) is 2.49. The molecule has 10 heteroatoms. The minimum absolute atomic E-state index is 0.0431. The van der Waals surface area contributed by atoms with Gasteiger partial charge in [0.05, 0.1) is 11.9 Å². The van der Waals surface area contributed by atoms with Crippen molar-refractivity contribution in [1.82, 2.24) is 24.3 Å². The summed E-state index contributed by atoms with van der Waals surface area (Å²) in [5.74, 6) is -0.521. The van der Waals surface area contributed by atoms with Gasteiger partial charge < -0.3 is 9.88 Å². The van der Waals surface area contributed by atoms with Gasteiger partial charge in [-0.25, -0.2) is 4.98 Å². The van der Waals surface area contributed by atoms with Crippen LogP contribution in [0.1, 0.15) is 16.3 Å². The minimum atomic E-state index is -4.43. The Hall–Kier alpha value is -3.17. The maximum absolute atomic E-state index is 12.7. The van der Waals surface area contributed by atoms with E-state index >= 15 is 0 Å². The maximum Gasteiger partial charge on any atom is 0.406 e. The van der Waals surface area contributed by atoms with Gasteiger partial charge in [0, 0.05) is 25.0 Å². The van der Waals surface area contributed by atoms with Gasteiger partial charge in [-0.15, -0.1) is 0 Å². The summed E-state index contributed by atoms with van der Waals surface area (Å²) in [6.07, 6.45) is 0.00540. The van der Waals surface area contributed by atoms with E-state index in [1.165, 1.54) is 17.8 Å². The Kier molecular flexibility index (Phi) is 4.49. The van der Waals surface area contributed by atoms with Gasteiger partial charge in [0.25, 0.3) is 5.91 Å². The Balaban J connectivity index is 1.84. The number of anilines is 1. The van der Waals surface area contributed by atoms with Crippen LogP contribution in [0.5, 0.6) is 0 Å². The largest absolute Gasteiger partial charge is 0.406 e. The van der Waals surface area contributed by atoms with E-state index in [1.807, 2.05) is 6.07 Å². The lowest BCUT2D eigenvalue weighted by atomic mass is 10.2. The number of carbonyl (C=O) groups excluding carboxylic acids is 1. The fourth-order valence-electron chi connectivity index (χ4n) is 2.49. The average molecular weight is 364 g/mol. The lowest BCUT2D eigenvalue weighted by molar-refractivity contribution is -0.140. The van der Waals surface area contributed by atoms with E-state index in [0.29, 0.717) is 5.69 Å². The van der Waals surface area contributed by atoms with Crippen LogP contribution in [-0.4, -0.2) is 36.4 Å². The zero-order valence-corrected chi connectivity index (χ0v) is 13.9. The SMILES string of the molecule is Cc1ncc(NC(=O)c2cc(-c3cccnc3)n(C)n2)n1CC(F)(F)F. The van der Waals surface area contributed by atoms with E-state index in [1.54, 1.807) is 31.6 Å². The Morgan fingerprint density at radius 1 is 1.31 bits per heavy atom. The summed E-state index contributed by atoms with van der Waals surface area (Å²) in [6.45, 7) is 0.195. The predicted octanol–water partition coefficient (Wildman–Crippen LogP) is 2.80. The maximum atomic E-state index is 12.7. The Bertz CT molecular complexity index is 929. The molecule has 0 spiro atoms. The molecule has 26 heavy (non-hydrogen) atoms. The highest BCUT2D eigenvalue weighted by molar-refractivity contribution is 6.03. The van der Waals surface area contributed by atoms with Crippen LogP contribution in [0.2, 0.25) is 0 Å². The van der Waals surface area contributed by atoms with Crippen LogP contribution in [0.3, 0.4) is 0 Å². The second-order valence-corrected chi connectivity index (χ2v) is 5.63. The molecule has 0 aromatic carbocycles. The number of aromatic nitrogens is 5. The number of hydrogen-bond acceptors (Lipinski definition) is 4. The highest BCUT2D eigenvalue weighted by atomic mass is 19.4. The van der Waals surface area contributed by atoms with Crippen LogP contribution in [0.4, 0.5) is 19.0 Å². The van der Waals surface area contributed by atoms with Gasteiger partial charge in [0.2, 0.25) is 0 Å². The minimum Gasteiger partial charge on any atom is -0.306 e. The number of nitrogens with one attached hydrogen (secondary N) is 1. The molecule has 0 aliphatic carbocycles. The van der Waals surface area contributed by atoms with Crippen molar-refractivity contribution in [2.24, 2.45) is 7.05 Å². The number of aryl methyl sites for hydroxylation is 2. The summed E-state index contributed by atoms with van der Waals surface area (Å²) in [5, 5.41) is 6.55. The zero-order chi connectivity index (χ0) is 18.9. The number of rotatable bonds is 4. The molecule has 0 radical (unpaired) electrons. The van der Waals surface area contributed by atoms with Crippen molar-refractivity contribution in [2.75, 3.05) is 5.32 Å². The van der Waals surface area contributed by atoms with Gasteiger partial charge in [-0.1, -0.05) is 0 Å². The topological polar surface area (TPSA) is 77.6 Å². The van der Waals surface area contributed by atoms with Crippen molar-refractivity contribution >= 4 is 11.7 Å². The van der Waals surface area contributed by atoms with E-state index in [4.69, 9.17) is 0 Å². The molecule has 136 valence electrons. The number of imidazole rings is 1. The van der Waals surface area contributed by atoms with E-state index < -0.39 is 18.6 Å². The van der Waals surface area contributed by atoms with E-state index in [2.05, 4.69) is 20.4 Å². The normalized spacial score (nSPS) is 11.6. The molecule has 1 amide bonds. The van der Waals surface area contributed by atoms with Crippen molar-refractivity contribution in [3.05, 3.63) is 48.3 Å². The second-order valence-electron chi connectivity index (χ2n) is 5.63. The molecule has 0 atom stereocenters. The highest BCUT2D eigenvalue weighted by Gasteiger charge is 2.30. The van der Waals surface area contributed by atoms with E-state index in [9.17, 15) is 18.0 Å². The zero-order valence-electron chi connectivity index (χ0n) is 13.9. The fraction of sp³-hybridized carbons (Fsp3) is 0.250. The summed E-state index contributed by atoms with van der Waals surface area (Å²) in [7, 11) is 1.66. The monoisotopic (exact) mass is 364 g/mol. The summed E-state index contributed by atoms with van der Waals surface area (Å²) >= 11 is 0. The molecule has 0 aliphatic heterocycles. The molecule has 0 saturated heterocycles. The Labute approximate surface area is 146 Å². The average Bonchev–Trinajstić information content (AvgIpc) is 3.12. The molecule has 0 aliphatic rings. The third-order valence-electron chi connectivity index (χ3n) is 3.70. The number of nitrogens with zero attached hydrogens (tertiary/aromatic N) is 5. The van der Waals surface area contributed by atoms with Gasteiger partial charge >= 0.3 is 6.18 Å². The van der Waals surface area contributed by atoms with Crippen LogP contribution >= 0.6 is 0 Å². The first kappa shape index (κ1) is 17.6. The second kappa shape index (κ2) is 6.62. The lowest BCUT2D eigenvalue weighted by Gasteiger charge is -2.12. The van der Waals surface area contributed by atoms with Gasteiger partial charge in [-0.05, 0) is 25.1 Å². The standard InChI is InChI=1S/C16H15F3N6O/c1-10-21-8-14(25(10)9-16(17,18)19)22-15(26)12-6-13(24(2)23-12)11-4-3-5-20-7-11/h3-8H,9H2,1-2H3,(H,22,26). The van der Waals surface area contributed by atoms with Crippen LogP contribution in [-0.2, 0) is 13.6 Å². The van der Waals surface area contributed by atoms with Gasteiger partial charge in [0.1, 0.15) is 18.2 Å². The van der Waals surface area contributed by atoms with Crippen molar-refractivity contribution in [2.45, 2.75) is 19.6 Å². The Morgan fingerprint density at radius 3 is 2.73 bits per heavy atom. The van der Waals surface area contributed by atoms with Crippen LogP contribution in [0.15, 0.2) is 36.8 Å². The molecule has 3 aromatic heterocycles. The van der Waals surface area contributed by atoms with Crippen molar-refractivity contribution < 1.29 is 18.0 Å². The molecule has 1 N–H and O–H groups in total. The summed E-state index contributed by atoms with van der Waals surface area (Å²) in [4.78, 5) is 20.3. The summed E-state index contributed by atoms with van der Waals surface area (Å²) in [5.41, 5.74) is 1.49. The van der Waals surface area contributed by atoms with Crippen LogP contribution in [0, 0.1) is 6.92 Å². The molecule has 0 bridgehead atoms. The molecule has 3 rings (SSSR count). The van der Waals surface area contributed by atoms with Crippen LogP contribution < -0.4 is 5.32 Å². The van der Waals surface area contributed by atoms with E-state index in [-0.39, 0.29) is 17.3 Å². The van der Waals surface area contributed by atoms with Crippen molar-refractivity contribution in [1.29, 1.82) is 0 Å². The first-order valence-corrected chi connectivity index (χ1v) is 7.59. The first-order valence-electron chi connectivity index (χ1n) is 7.59. The molecular formula is C16H15F3N6O. The summed E-state index contributed by atoms with van der Waals surface area (Å²) in [6, 6.07) is 5.11. The third kappa shape index (κ3) is 3.73. The number of alkyl halides is 3. The van der Waals surface area contributed by atoms with Gasteiger partial charge in [0.15, 0.2) is 5.69 Å². The highest BCUT2D eigenvalue weighted by Crippen LogP contribution is 2.23. The number of pyridine rings is 1. The third-order valence-corrected chi connectivity index (χ3v) is 3.70. The van der Waals surface area contributed by atoms with Gasteiger partial charge in [-0.3, -0.25) is 14.5 Å². The summed E-state index contributed by atoms with van der Waals surface area (Å²) < 4.78 is 40.5. The quantitative estimate of drug-likeness (QED) is 0.772. The molecule has 0 unspecified atom stereocenters. The molecule has 7 nitrogen and oxygen atoms in total. The van der Waals surface area contributed by atoms with Crippen molar-refractivity contribution in [3.8, 4) is 11.3 Å². The molecular weight excluding hydrogens is 349 g/mol. The predicted molar refractivity (Wildman–Crippen MR) is 87.4 cm³/mol. The number of halogens is 3. The van der Waals surface area contributed by atoms with Crippen LogP contribution in [0.25, 0.3) is 11.3 Å². The van der Waals surface area contributed by atoms with E-state index in [0.717, 1.165) is 10.1 Å². The molecule has 3 heterocycles. The lowest BCUT2D eigenvalue weighted by Crippen LogP contribution is -2.22. The smallest absolute Gasteiger partial charge is 0.306 e. The van der Waals surface area contributed by atoms with Crippen molar-refractivity contribution in [3.63, 3.8) is 0 Å². The molecule has 3 aromatic rings. The number of carbonyl (C=O) groups is 1. The van der Waals surface area contributed by atoms with Gasteiger partial charge in [-0.2, -0.15) is 18.3 Å². The molecule has 0 fully saturated rings. The number of amides is 1.